The second-order valence-corrected chi connectivity index (χ2v) is 2.92. The molecule has 1 aromatic carbocycles. The Morgan fingerprint density at radius 2 is 2.00 bits per heavy atom. The molecule has 82 valence electrons. The fourth-order valence-electron chi connectivity index (χ4n) is 1.11. The highest BCUT2D eigenvalue weighted by Crippen LogP contribution is 2.20. The van der Waals surface area contributed by atoms with Crippen LogP contribution in [0.4, 0.5) is 8.78 Å². The van der Waals surface area contributed by atoms with Crippen molar-refractivity contribution < 1.29 is 23.8 Å². The van der Waals surface area contributed by atoms with Gasteiger partial charge in [-0.25, -0.2) is 13.6 Å². The van der Waals surface area contributed by atoms with Crippen molar-refractivity contribution in [2.24, 2.45) is 5.73 Å². The van der Waals surface area contributed by atoms with E-state index in [0.29, 0.717) is 0 Å². The summed E-state index contributed by atoms with van der Waals surface area (Å²) in [5.41, 5.74) is 4.27. The summed E-state index contributed by atoms with van der Waals surface area (Å²) in [6.07, 6.45) is 0. The van der Waals surface area contributed by atoms with Crippen LogP contribution in [0.1, 0.15) is 22.0 Å². The van der Waals surface area contributed by atoms with Gasteiger partial charge in [-0.05, 0) is 6.07 Å². The van der Waals surface area contributed by atoms with Crippen LogP contribution >= 0.6 is 0 Å². The molecule has 1 rings (SSSR count). The zero-order chi connectivity index (χ0) is 11.6. The number of rotatable bonds is 3. The lowest BCUT2D eigenvalue weighted by Crippen LogP contribution is -2.18. The van der Waals surface area contributed by atoms with Gasteiger partial charge in [0.1, 0.15) is 0 Å². The minimum Gasteiger partial charge on any atom is -0.478 e. The highest BCUT2D eigenvalue weighted by Gasteiger charge is 2.20. The third-order valence-electron chi connectivity index (χ3n) is 1.94. The van der Waals surface area contributed by atoms with Crippen molar-refractivity contribution in [1.82, 2.24) is 0 Å². The molecule has 4 nitrogen and oxygen atoms in total. The highest BCUT2D eigenvalue weighted by molar-refractivity contribution is 5.88. The standard InChI is InChI=1S/C9H9F2NO3/c10-7-4(6(12)3-13)1-2-5(8(7)11)9(14)15/h1-2,6,13H,3,12H2,(H,14,15). The number of hydrogen-bond acceptors (Lipinski definition) is 3. The van der Waals surface area contributed by atoms with Gasteiger partial charge in [-0.2, -0.15) is 0 Å². The monoisotopic (exact) mass is 217 g/mol. The Hall–Kier alpha value is -1.53. The van der Waals surface area contributed by atoms with Crippen LogP contribution in [0.25, 0.3) is 0 Å². The average molecular weight is 217 g/mol. The summed E-state index contributed by atoms with van der Waals surface area (Å²) >= 11 is 0. The number of carboxylic acid groups (broad SMARTS) is 1. The van der Waals surface area contributed by atoms with Gasteiger partial charge in [0.25, 0.3) is 0 Å². The van der Waals surface area contributed by atoms with E-state index < -0.39 is 35.8 Å². The molecular formula is C9H9F2NO3. The van der Waals surface area contributed by atoms with E-state index in [1.165, 1.54) is 0 Å². The predicted octanol–water partition coefficient (Wildman–Crippen LogP) is 0.655. The number of nitrogens with two attached hydrogens (primary N) is 1. The lowest BCUT2D eigenvalue weighted by atomic mass is 10.0. The van der Waals surface area contributed by atoms with Gasteiger partial charge in [-0.15, -0.1) is 0 Å². The summed E-state index contributed by atoms with van der Waals surface area (Å²) < 4.78 is 26.3. The Balaban J connectivity index is 3.27. The topological polar surface area (TPSA) is 83.5 Å². The highest BCUT2D eigenvalue weighted by atomic mass is 19.2. The molecule has 15 heavy (non-hydrogen) atoms. The number of aliphatic hydroxyl groups excluding tert-OH is 1. The quantitative estimate of drug-likeness (QED) is 0.694. The maximum absolute atomic E-state index is 13.2. The second kappa shape index (κ2) is 4.33. The van der Waals surface area contributed by atoms with Crippen LogP contribution in [-0.2, 0) is 0 Å². The Bertz CT molecular complexity index is 395. The van der Waals surface area contributed by atoms with Gasteiger partial charge in [0.05, 0.1) is 18.2 Å². The van der Waals surface area contributed by atoms with Gasteiger partial charge in [-0.3, -0.25) is 0 Å². The van der Waals surface area contributed by atoms with Crippen molar-refractivity contribution in [2.75, 3.05) is 6.61 Å². The Morgan fingerprint density at radius 3 is 2.47 bits per heavy atom. The first kappa shape index (κ1) is 11.5. The molecule has 1 atom stereocenters. The molecule has 0 aromatic heterocycles. The number of carbonyl (C=O) groups is 1. The molecule has 0 saturated carbocycles. The number of benzene rings is 1. The molecule has 0 heterocycles. The molecule has 6 heteroatoms. The van der Waals surface area contributed by atoms with Gasteiger partial charge in [-0.1, -0.05) is 6.07 Å². The molecule has 0 fully saturated rings. The van der Waals surface area contributed by atoms with Gasteiger partial charge in [0, 0.05) is 5.56 Å². The van der Waals surface area contributed by atoms with E-state index in [2.05, 4.69) is 0 Å². The molecule has 1 aromatic rings. The molecule has 0 spiro atoms. The van der Waals surface area contributed by atoms with E-state index in [-0.39, 0.29) is 5.56 Å². The zero-order valence-corrected chi connectivity index (χ0v) is 7.58. The first-order valence-electron chi connectivity index (χ1n) is 4.06. The molecule has 0 aliphatic heterocycles. The molecule has 4 N–H and O–H groups in total. The Kier molecular flexibility index (Phi) is 3.33. The summed E-state index contributed by atoms with van der Waals surface area (Å²) in [6.45, 7) is -0.553. The van der Waals surface area contributed by atoms with Crippen LogP contribution < -0.4 is 5.73 Å². The number of carboxylic acids is 1. The molecule has 0 radical (unpaired) electrons. The van der Waals surface area contributed by atoms with Gasteiger partial charge in [0.15, 0.2) is 11.6 Å². The number of aliphatic hydroxyl groups is 1. The lowest BCUT2D eigenvalue weighted by molar-refractivity contribution is 0.0690. The maximum Gasteiger partial charge on any atom is 0.338 e. The third-order valence-corrected chi connectivity index (χ3v) is 1.94. The SMILES string of the molecule is NC(CO)c1ccc(C(=O)O)c(F)c1F. The normalized spacial score (nSPS) is 12.5. The lowest BCUT2D eigenvalue weighted by Gasteiger charge is -2.10. The second-order valence-electron chi connectivity index (χ2n) is 2.92. The van der Waals surface area contributed by atoms with E-state index in [1.807, 2.05) is 0 Å². The van der Waals surface area contributed by atoms with Crippen molar-refractivity contribution in [3.63, 3.8) is 0 Å². The summed E-state index contributed by atoms with van der Waals surface area (Å²) in [5.74, 6) is -4.36. The van der Waals surface area contributed by atoms with Crippen molar-refractivity contribution in [2.45, 2.75) is 6.04 Å². The number of hydrogen-bond donors (Lipinski definition) is 3. The predicted molar refractivity (Wildman–Crippen MR) is 47.3 cm³/mol. The van der Waals surface area contributed by atoms with Crippen molar-refractivity contribution in [1.29, 1.82) is 0 Å². The summed E-state index contributed by atoms with van der Waals surface area (Å²) in [5, 5.41) is 17.1. The molecule has 1 unspecified atom stereocenters. The van der Waals surface area contributed by atoms with Gasteiger partial charge >= 0.3 is 5.97 Å². The molecule has 0 saturated heterocycles. The summed E-state index contributed by atoms with van der Waals surface area (Å²) in [4.78, 5) is 10.4. The fraction of sp³-hybridized carbons (Fsp3) is 0.222. The van der Waals surface area contributed by atoms with E-state index in [1.54, 1.807) is 0 Å². The molecule has 0 aliphatic carbocycles. The fourth-order valence-corrected chi connectivity index (χ4v) is 1.11. The Labute approximate surface area is 83.9 Å². The van der Waals surface area contributed by atoms with Crippen molar-refractivity contribution in [3.05, 3.63) is 34.9 Å². The van der Waals surface area contributed by atoms with Crippen molar-refractivity contribution >= 4 is 5.97 Å². The van der Waals surface area contributed by atoms with Crippen molar-refractivity contribution in [3.8, 4) is 0 Å². The van der Waals surface area contributed by atoms with Gasteiger partial charge < -0.3 is 15.9 Å². The largest absolute Gasteiger partial charge is 0.478 e. The van der Waals surface area contributed by atoms with E-state index >= 15 is 0 Å². The Morgan fingerprint density at radius 1 is 1.40 bits per heavy atom. The molecule has 0 amide bonds. The number of aromatic carboxylic acids is 1. The third kappa shape index (κ3) is 2.11. The van der Waals surface area contributed by atoms with Crippen LogP contribution in [0.2, 0.25) is 0 Å². The molecule has 0 bridgehead atoms. The van der Waals surface area contributed by atoms with Crippen LogP contribution in [-0.4, -0.2) is 22.8 Å². The van der Waals surface area contributed by atoms with Crippen LogP contribution in [0.5, 0.6) is 0 Å². The minimum atomic E-state index is -1.56. The first-order chi connectivity index (χ1) is 6.99. The van der Waals surface area contributed by atoms with E-state index in [0.717, 1.165) is 12.1 Å². The van der Waals surface area contributed by atoms with Gasteiger partial charge in [0.2, 0.25) is 0 Å². The molecular weight excluding hydrogens is 208 g/mol. The van der Waals surface area contributed by atoms with Crippen LogP contribution in [0.15, 0.2) is 12.1 Å². The summed E-state index contributed by atoms with van der Waals surface area (Å²) in [7, 11) is 0. The van der Waals surface area contributed by atoms with E-state index in [9.17, 15) is 13.6 Å². The average Bonchev–Trinajstić information content (AvgIpc) is 2.20. The first-order valence-corrected chi connectivity index (χ1v) is 4.06. The zero-order valence-electron chi connectivity index (χ0n) is 7.58. The van der Waals surface area contributed by atoms with Crippen LogP contribution in [0.3, 0.4) is 0 Å². The minimum absolute atomic E-state index is 0.250. The maximum atomic E-state index is 13.2. The summed E-state index contributed by atoms with van der Waals surface area (Å²) in [6, 6.07) is 0.885. The number of halogens is 2. The van der Waals surface area contributed by atoms with Crippen LogP contribution in [0, 0.1) is 11.6 Å². The smallest absolute Gasteiger partial charge is 0.338 e. The molecule has 0 aliphatic rings. The van der Waals surface area contributed by atoms with E-state index in [4.69, 9.17) is 15.9 Å².